The SMILES string of the molecule is COc1ccc2c(c1)N(C(=O)C1CCC(=O)N1)CC(C)C2. The van der Waals surface area contributed by atoms with Crippen molar-refractivity contribution in [3.05, 3.63) is 23.8 Å². The van der Waals surface area contributed by atoms with Gasteiger partial charge in [0.25, 0.3) is 0 Å². The molecule has 0 aromatic heterocycles. The van der Waals surface area contributed by atoms with Gasteiger partial charge >= 0.3 is 0 Å². The standard InChI is InChI=1S/C16H20N2O3/c1-10-7-11-3-4-12(21-2)8-14(11)18(9-10)16(20)13-5-6-15(19)17-13/h3-4,8,10,13H,5-7,9H2,1-2H3,(H,17,19). The van der Waals surface area contributed by atoms with Gasteiger partial charge in [0.1, 0.15) is 11.8 Å². The van der Waals surface area contributed by atoms with Crippen molar-refractivity contribution in [2.45, 2.75) is 32.2 Å². The van der Waals surface area contributed by atoms with Crippen LogP contribution in [0.15, 0.2) is 18.2 Å². The van der Waals surface area contributed by atoms with Crippen molar-refractivity contribution in [1.82, 2.24) is 5.32 Å². The Morgan fingerprint density at radius 1 is 1.43 bits per heavy atom. The van der Waals surface area contributed by atoms with Crippen LogP contribution in [0.2, 0.25) is 0 Å². The van der Waals surface area contributed by atoms with Crippen molar-refractivity contribution < 1.29 is 14.3 Å². The molecule has 1 N–H and O–H groups in total. The second kappa shape index (κ2) is 5.39. The minimum atomic E-state index is -0.387. The molecule has 0 aliphatic carbocycles. The molecule has 21 heavy (non-hydrogen) atoms. The highest BCUT2D eigenvalue weighted by Crippen LogP contribution is 2.33. The predicted molar refractivity (Wildman–Crippen MR) is 79.4 cm³/mol. The van der Waals surface area contributed by atoms with E-state index < -0.39 is 0 Å². The number of fused-ring (bicyclic) bond motifs is 1. The summed E-state index contributed by atoms with van der Waals surface area (Å²) in [4.78, 5) is 25.9. The highest BCUT2D eigenvalue weighted by Gasteiger charge is 2.34. The molecule has 2 aliphatic rings. The van der Waals surface area contributed by atoms with E-state index in [0.29, 0.717) is 25.3 Å². The Bertz CT molecular complexity index is 585. The van der Waals surface area contributed by atoms with Crippen molar-refractivity contribution >= 4 is 17.5 Å². The Balaban J connectivity index is 1.92. The van der Waals surface area contributed by atoms with Crippen molar-refractivity contribution in [3.8, 4) is 5.75 Å². The van der Waals surface area contributed by atoms with Gasteiger partial charge in [0.15, 0.2) is 0 Å². The van der Waals surface area contributed by atoms with Gasteiger partial charge in [-0.15, -0.1) is 0 Å². The smallest absolute Gasteiger partial charge is 0.249 e. The van der Waals surface area contributed by atoms with Gasteiger partial charge in [-0.2, -0.15) is 0 Å². The summed E-state index contributed by atoms with van der Waals surface area (Å²) in [5.41, 5.74) is 2.07. The van der Waals surface area contributed by atoms with E-state index in [1.165, 1.54) is 0 Å². The third kappa shape index (κ3) is 2.60. The second-order valence-electron chi connectivity index (χ2n) is 5.91. The van der Waals surface area contributed by atoms with E-state index >= 15 is 0 Å². The van der Waals surface area contributed by atoms with Gasteiger partial charge in [-0.05, 0) is 30.4 Å². The maximum atomic E-state index is 12.7. The summed E-state index contributed by atoms with van der Waals surface area (Å²) in [5, 5.41) is 2.76. The molecule has 0 saturated carbocycles. The lowest BCUT2D eigenvalue weighted by molar-refractivity contribution is -0.124. The van der Waals surface area contributed by atoms with Crippen molar-refractivity contribution in [3.63, 3.8) is 0 Å². The molecule has 2 unspecified atom stereocenters. The molecule has 5 heteroatoms. The van der Waals surface area contributed by atoms with Crippen LogP contribution in [0.3, 0.4) is 0 Å². The van der Waals surface area contributed by atoms with E-state index in [-0.39, 0.29) is 17.9 Å². The average Bonchev–Trinajstić information content (AvgIpc) is 2.91. The fourth-order valence-corrected chi connectivity index (χ4v) is 3.14. The quantitative estimate of drug-likeness (QED) is 0.897. The monoisotopic (exact) mass is 288 g/mol. The summed E-state index contributed by atoms with van der Waals surface area (Å²) < 4.78 is 5.27. The van der Waals surface area contributed by atoms with Gasteiger partial charge < -0.3 is 15.0 Å². The Labute approximate surface area is 124 Å². The van der Waals surface area contributed by atoms with Gasteiger partial charge in [-0.25, -0.2) is 0 Å². The number of benzene rings is 1. The zero-order chi connectivity index (χ0) is 15.0. The molecule has 2 amide bonds. The van der Waals surface area contributed by atoms with Crippen molar-refractivity contribution in [2.24, 2.45) is 5.92 Å². The van der Waals surface area contributed by atoms with E-state index in [1.807, 2.05) is 23.1 Å². The molecule has 0 bridgehead atoms. The van der Waals surface area contributed by atoms with Crippen LogP contribution < -0.4 is 15.0 Å². The number of hydrogen-bond donors (Lipinski definition) is 1. The molecule has 2 heterocycles. The zero-order valence-corrected chi connectivity index (χ0v) is 12.4. The number of anilines is 1. The van der Waals surface area contributed by atoms with Crippen LogP contribution >= 0.6 is 0 Å². The molecule has 0 radical (unpaired) electrons. The molecule has 5 nitrogen and oxygen atoms in total. The van der Waals surface area contributed by atoms with Gasteiger partial charge in [-0.1, -0.05) is 13.0 Å². The van der Waals surface area contributed by atoms with Gasteiger partial charge in [0.05, 0.1) is 12.8 Å². The van der Waals surface area contributed by atoms with E-state index in [9.17, 15) is 9.59 Å². The molecule has 2 aliphatic heterocycles. The molecule has 1 saturated heterocycles. The number of carbonyl (C=O) groups is 2. The number of amides is 2. The Hall–Kier alpha value is -2.04. The van der Waals surface area contributed by atoms with Crippen LogP contribution in [0.25, 0.3) is 0 Å². The fourth-order valence-electron chi connectivity index (χ4n) is 3.14. The maximum Gasteiger partial charge on any atom is 0.249 e. The molecular weight excluding hydrogens is 268 g/mol. The Kier molecular flexibility index (Phi) is 3.57. The number of carbonyl (C=O) groups excluding carboxylic acids is 2. The molecule has 112 valence electrons. The van der Waals surface area contributed by atoms with E-state index in [2.05, 4.69) is 12.2 Å². The molecule has 2 atom stereocenters. The highest BCUT2D eigenvalue weighted by molar-refractivity contribution is 6.01. The molecule has 0 spiro atoms. The Morgan fingerprint density at radius 2 is 2.24 bits per heavy atom. The van der Waals surface area contributed by atoms with Crippen LogP contribution in [0.4, 0.5) is 5.69 Å². The highest BCUT2D eigenvalue weighted by atomic mass is 16.5. The van der Waals surface area contributed by atoms with Crippen LogP contribution in [0, 0.1) is 5.92 Å². The molecule has 1 aromatic carbocycles. The summed E-state index contributed by atoms with van der Waals surface area (Å²) in [6.07, 6.45) is 1.98. The van der Waals surface area contributed by atoms with E-state index in [1.54, 1.807) is 7.11 Å². The maximum absolute atomic E-state index is 12.7. The zero-order valence-electron chi connectivity index (χ0n) is 12.4. The van der Waals surface area contributed by atoms with Crippen LogP contribution in [-0.4, -0.2) is 31.5 Å². The number of ether oxygens (including phenoxy) is 1. The van der Waals surface area contributed by atoms with E-state index in [0.717, 1.165) is 23.4 Å². The molecular formula is C16H20N2O3. The minimum Gasteiger partial charge on any atom is -0.497 e. The normalized spacial score (nSPS) is 24.5. The summed E-state index contributed by atoms with van der Waals surface area (Å²) in [6.45, 7) is 2.83. The largest absolute Gasteiger partial charge is 0.497 e. The predicted octanol–water partition coefficient (Wildman–Crippen LogP) is 1.50. The summed E-state index contributed by atoms with van der Waals surface area (Å²) in [7, 11) is 1.62. The second-order valence-corrected chi connectivity index (χ2v) is 5.91. The van der Waals surface area contributed by atoms with Gasteiger partial charge in [-0.3, -0.25) is 9.59 Å². The van der Waals surface area contributed by atoms with Gasteiger partial charge in [0.2, 0.25) is 11.8 Å². The minimum absolute atomic E-state index is 0.0121. The van der Waals surface area contributed by atoms with Gasteiger partial charge in [0, 0.05) is 19.0 Å². The van der Waals surface area contributed by atoms with E-state index in [4.69, 9.17) is 4.74 Å². The summed E-state index contributed by atoms with van der Waals surface area (Å²) >= 11 is 0. The van der Waals surface area contributed by atoms with Crippen molar-refractivity contribution in [2.75, 3.05) is 18.6 Å². The Morgan fingerprint density at radius 3 is 2.90 bits per heavy atom. The lowest BCUT2D eigenvalue weighted by Gasteiger charge is -2.34. The average molecular weight is 288 g/mol. The number of nitrogens with zero attached hydrogens (tertiary/aromatic N) is 1. The molecule has 1 aromatic rings. The topological polar surface area (TPSA) is 58.6 Å². The number of methoxy groups -OCH3 is 1. The first kappa shape index (κ1) is 13.9. The fraction of sp³-hybridized carbons (Fsp3) is 0.500. The van der Waals surface area contributed by atoms with Crippen LogP contribution in [0.1, 0.15) is 25.3 Å². The third-order valence-corrected chi connectivity index (χ3v) is 4.21. The van der Waals surface area contributed by atoms with Crippen molar-refractivity contribution in [1.29, 1.82) is 0 Å². The molecule has 1 fully saturated rings. The van der Waals surface area contributed by atoms with Crippen LogP contribution in [-0.2, 0) is 16.0 Å². The number of rotatable bonds is 2. The number of nitrogens with one attached hydrogen (secondary N) is 1. The number of hydrogen-bond acceptors (Lipinski definition) is 3. The third-order valence-electron chi connectivity index (χ3n) is 4.21. The first-order valence-corrected chi connectivity index (χ1v) is 7.36. The lowest BCUT2D eigenvalue weighted by atomic mass is 9.93. The molecule has 3 rings (SSSR count). The summed E-state index contributed by atoms with van der Waals surface area (Å²) in [5.74, 6) is 1.11. The first-order chi connectivity index (χ1) is 10.1. The first-order valence-electron chi connectivity index (χ1n) is 7.36. The summed E-state index contributed by atoms with van der Waals surface area (Å²) in [6, 6.07) is 5.48. The van der Waals surface area contributed by atoms with Crippen LogP contribution in [0.5, 0.6) is 5.75 Å². The lowest BCUT2D eigenvalue weighted by Crippen LogP contribution is -2.48.